The molecule has 6 heteroatoms. The Bertz CT molecular complexity index is 593. The Kier molecular flexibility index (Phi) is 4.24. The number of pyridine rings is 1. The monoisotopic (exact) mass is 273 g/mol. The fraction of sp³-hybridized carbons (Fsp3) is 0.286. The molecule has 2 N–H and O–H groups in total. The molecule has 1 aliphatic carbocycles. The lowest BCUT2D eigenvalue weighted by Crippen LogP contribution is -2.36. The van der Waals surface area contributed by atoms with Gasteiger partial charge in [-0.05, 0) is 24.6 Å². The van der Waals surface area contributed by atoms with Gasteiger partial charge in [-0.3, -0.25) is 14.6 Å². The maximum Gasteiger partial charge on any atom is 0.315 e. The molecule has 0 unspecified atom stereocenters. The molecule has 1 aliphatic rings. The summed E-state index contributed by atoms with van der Waals surface area (Å²) in [5, 5.41) is 5.28. The van der Waals surface area contributed by atoms with E-state index in [1.807, 2.05) is 6.92 Å². The van der Waals surface area contributed by atoms with Gasteiger partial charge < -0.3 is 10.6 Å². The molecule has 0 saturated heterocycles. The first-order valence-electron chi connectivity index (χ1n) is 6.39. The van der Waals surface area contributed by atoms with E-state index in [1.54, 1.807) is 0 Å². The van der Waals surface area contributed by atoms with Gasteiger partial charge in [-0.1, -0.05) is 6.92 Å². The van der Waals surface area contributed by atoms with Gasteiger partial charge in [-0.25, -0.2) is 4.79 Å². The summed E-state index contributed by atoms with van der Waals surface area (Å²) in [6.07, 6.45) is 4.77. The molecular weight excluding hydrogens is 258 g/mol. The summed E-state index contributed by atoms with van der Waals surface area (Å²) >= 11 is 0. The van der Waals surface area contributed by atoms with Gasteiger partial charge in [0.1, 0.15) is 0 Å². The molecule has 104 valence electrons. The molecule has 0 aromatic carbocycles. The summed E-state index contributed by atoms with van der Waals surface area (Å²) in [6, 6.07) is 1.19. The Morgan fingerprint density at radius 1 is 1.20 bits per heavy atom. The molecule has 2 rings (SSSR count). The van der Waals surface area contributed by atoms with Crippen LogP contribution < -0.4 is 10.6 Å². The smallest absolute Gasteiger partial charge is 0.315 e. The summed E-state index contributed by atoms with van der Waals surface area (Å²) in [7, 11) is 0. The lowest BCUT2D eigenvalue weighted by Gasteiger charge is -2.13. The van der Waals surface area contributed by atoms with Crippen molar-refractivity contribution in [2.45, 2.75) is 19.9 Å². The van der Waals surface area contributed by atoms with Gasteiger partial charge in [0.25, 0.3) is 0 Å². The van der Waals surface area contributed by atoms with Crippen LogP contribution in [0.2, 0.25) is 0 Å². The molecular formula is C14H15N3O3. The summed E-state index contributed by atoms with van der Waals surface area (Å²) in [6.45, 7) is 2.63. The van der Waals surface area contributed by atoms with Crippen LogP contribution in [0.25, 0.3) is 0 Å². The fourth-order valence-corrected chi connectivity index (χ4v) is 1.91. The molecule has 6 nitrogen and oxygen atoms in total. The quantitative estimate of drug-likeness (QED) is 0.863. The molecule has 0 bridgehead atoms. The maximum atomic E-state index is 11.9. The molecule has 0 radical (unpaired) electrons. The normalized spacial score (nSPS) is 13.1. The molecule has 1 aromatic rings. The van der Waals surface area contributed by atoms with Crippen LogP contribution in [0.4, 0.5) is 4.79 Å². The number of fused-ring (bicyclic) bond motifs is 1. The molecule has 0 aliphatic heterocycles. The van der Waals surface area contributed by atoms with Crippen molar-refractivity contribution in [2.75, 3.05) is 6.54 Å². The van der Waals surface area contributed by atoms with E-state index in [0.29, 0.717) is 17.8 Å². The molecule has 0 fully saturated rings. The summed E-state index contributed by atoms with van der Waals surface area (Å²) in [4.78, 5) is 39.1. The van der Waals surface area contributed by atoms with Gasteiger partial charge in [-0.2, -0.15) is 0 Å². The second-order valence-corrected chi connectivity index (χ2v) is 4.35. The molecule has 0 saturated carbocycles. The molecule has 0 spiro atoms. The number of allylic oxidation sites excluding steroid dienone is 2. The Morgan fingerprint density at radius 2 is 1.95 bits per heavy atom. The van der Waals surface area contributed by atoms with E-state index >= 15 is 0 Å². The molecule has 1 aromatic heterocycles. The number of urea groups is 1. The Labute approximate surface area is 116 Å². The van der Waals surface area contributed by atoms with Crippen LogP contribution in [-0.2, 0) is 6.54 Å². The van der Waals surface area contributed by atoms with Crippen molar-refractivity contribution in [3.8, 4) is 0 Å². The van der Waals surface area contributed by atoms with Gasteiger partial charge in [0.2, 0.25) is 0 Å². The Hall–Kier alpha value is -2.50. The van der Waals surface area contributed by atoms with Gasteiger partial charge in [0, 0.05) is 18.3 Å². The average molecular weight is 273 g/mol. The number of nitrogens with zero attached hydrogens (tertiary/aromatic N) is 1. The molecule has 20 heavy (non-hydrogen) atoms. The minimum Gasteiger partial charge on any atom is -0.338 e. The zero-order valence-corrected chi connectivity index (χ0v) is 11.1. The molecule has 2 amide bonds. The van der Waals surface area contributed by atoms with E-state index in [9.17, 15) is 14.4 Å². The van der Waals surface area contributed by atoms with Gasteiger partial charge >= 0.3 is 6.03 Å². The summed E-state index contributed by atoms with van der Waals surface area (Å²) < 4.78 is 0. The fourth-order valence-electron chi connectivity index (χ4n) is 1.91. The van der Waals surface area contributed by atoms with E-state index < -0.39 is 0 Å². The van der Waals surface area contributed by atoms with Gasteiger partial charge in [-0.15, -0.1) is 0 Å². The second-order valence-electron chi connectivity index (χ2n) is 4.35. The van der Waals surface area contributed by atoms with Crippen molar-refractivity contribution in [1.82, 2.24) is 15.6 Å². The first-order valence-corrected chi connectivity index (χ1v) is 6.39. The van der Waals surface area contributed by atoms with Gasteiger partial charge in [0.05, 0.1) is 17.8 Å². The highest BCUT2D eigenvalue weighted by Gasteiger charge is 2.22. The standard InChI is InChI=1S/C14H15N3O3/c1-2-6-16-14(20)17-8-10-13-9(5-7-15-10)11(18)3-4-12(13)19/h3-5,7H,2,6,8H2,1H3,(H2,16,17,20). The third-order valence-corrected chi connectivity index (χ3v) is 2.88. The van der Waals surface area contributed by atoms with Crippen LogP contribution in [0.1, 0.15) is 39.8 Å². The number of rotatable bonds is 4. The molecule has 1 heterocycles. The minimum atomic E-state index is -0.323. The number of hydrogen-bond donors (Lipinski definition) is 2. The third kappa shape index (κ3) is 2.90. The third-order valence-electron chi connectivity index (χ3n) is 2.88. The van der Waals surface area contributed by atoms with Crippen LogP contribution in [-0.4, -0.2) is 29.1 Å². The van der Waals surface area contributed by atoms with Crippen LogP contribution >= 0.6 is 0 Å². The van der Waals surface area contributed by atoms with Crippen LogP contribution in [0.15, 0.2) is 24.4 Å². The van der Waals surface area contributed by atoms with E-state index in [2.05, 4.69) is 15.6 Å². The van der Waals surface area contributed by atoms with E-state index in [0.717, 1.165) is 6.42 Å². The van der Waals surface area contributed by atoms with Crippen molar-refractivity contribution in [3.63, 3.8) is 0 Å². The SMILES string of the molecule is CCCNC(=O)NCc1nccc2c1C(=O)C=CC2=O. The predicted octanol–water partition coefficient (Wildman–Crippen LogP) is 1.23. The highest BCUT2D eigenvalue weighted by molar-refractivity contribution is 6.22. The number of nitrogens with one attached hydrogen (secondary N) is 2. The summed E-state index contributed by atoms with van der Waals surface area (Å²) in [5.74, 6) is -0.489. The number of hydrogen-bond acceptors (Lipinski definition) is 4. The minimum absolute atomic E-state index is 0.103. The highest BCUT2D eigenvalue weighted by atomic mass is 16.2. The number of ketones is 2. The summed E-state index contributed by atoms with van der Waals surface area (Å²) in [5.41, 5.74) is 1.01. The Morgan fingerprint density at radius 3 is 2.70 bits per heavy atom. The van der Waals surface area contributed by atoms with Gasteiger partial charge in [0.15, 0.2) is 11.6 Å². The number of carbonyl (C=O) groups is 3. The van der Waals surface area contributed by atoms with E-state index in [4.69, 9.17) is 0 Å². The average Bonchev–Trinajstić information content (AvgIpc) is 2.46. The van der Waals surface area contributed by atoms with Crippen LogP contribution in [0, 0.1) is 0 Å². The second kappa shape index (κ2) is 6.10. The number of amides is 2. The maximum absolute atomic E-state index is 11.9. The van der Waals surface area contributed by atoms with E-state index in [1.165, 1.54) is 24.4 Å². The first-order chi connectivity index (χ1) is 9.63. The van der Waals surface area contributed by atoms with Crippen molar-refractivity contribution in [1.29, 1.82) is 0 Å². The van der Waals surface area contributed by atoms with Crippen LogP contribution in [0.5, 0.6) is 0 Å². The zero-order valence-electron chi connectivity index (χ0n) is 11.1. The number of carbonyl (C=O) groups excluding carboxylic acids is 3. The zero-order chi connectivity index (χ0) is 14.5. The number of aromatic nitrogens is 1. The highest BCUT2D eigenvalue weighted by Crippen LogP contribution is 2.19. The lowest BCUT2D eigenvalue weighted by molar-refractivity contribution is 0.0992. The Balaban J connectivity index is 2.15. The predicted molar refractivity (Wildman–Crippen MR) is 72.6 cm³/mol. The largest absolute Gasteiger partial charge is 0.338 e. The molecule has 0 atom stereocenters. The van der Waals surface area contributed by atoms with Crippen LogP contribution in [0.3, 0.4) is 0 Å². The van der Waals surface area contributed by atoms with Crippen molar-refractivity contribution in [2.24, 2.45) is 0 Å². The van der Waals surface area contributed by atoms with E-state index in [-0.39, 0.29) is 29.7 Å². The topological polar surface area (TPSA) is 88.2 Å². The lowest BCUT2D eigenvalue weighted by atomic mass is 9.94. The van der Waals surface area contributed by atoms with Crippen molar-refractivity contribution < 1.29 is 14.4 Å². The first kappa shape index (κ1) is 13.9. The van der Waals surface area contributed by atoms with Crippen molar-refractivity contribution in [3.05, 3.63) is 41.2 Å². The van der Waals surface area contributed by atoms with Crippen molar-refractivity contribution >= 4 is 17.6 Å².